The Labute approximate surface area is 139 Å². The maximum Gasteiger partial charge on any atom is 0 e. The van der Waals surface area contributed by atoms with Crippen LogP contribution in [0.4, 0.5) is 0 Å². The zero-order chi connectivity index (χ0) is 15.0. The predicted octanol–water partition coefficient (Wildman–Crippen LogP) is 3.44. The molecule has 2 saturated carbocycles. The van der Waals surface area contributed by atoms with Gasteiger partial charge in [-0.1, -0.05) is 19.6 Å². The second-order valence-corrected chi connectivity index (χ2v) is 10.3. The van der Waals surface area contributed by atoms with Gasteiger partial charge in [0.1, 0.15) is 0 Å². The molecule has 2 aliphatic rings. The number of hydrogen-bond donors (Lipinski definition) is 0. The zero-order valence-electron chi connectivity index (χ0n) is 12.2. The maximum atomic E-state index is 9.73. The van der Waals surface area contributed by atoms with E-state index in [2.05, 4.69) is 26.3 Å². The van der Waals surface area contributed by atoms with Gasteiger partial charge in [-0.2, -0.15) is 6.04 Å². The largest absolute Gasteiger partial charge is 0.0312 e. The fraction of sp³-hybridized carbons (Fsp3) is 0.250. The average molecular weight is 324 g/mol. The van der Waals surface area contributed by atoms with E-state index in [9.17, 15) is 4.79 Å². The summed E-state index contributed by atoms with van der Waals surface area (Å²) >= 11 is 0. The SMILES string of the molecule is C[Si](C)(C)C[C-]=O.[C-]#[O+].[CH]1[CH][CH][CH][CH]1.[CH]1[CH][CH][CH][CH]1.[V]. The van der Waals surface area contributed by atoms with E-state index >= 15 is 0 Å². The summed E-state index contributed by atoms with van der Waals surface area (Å²) in [7, 11) is -1.08. The molecule has 2 rings (SSSR count). The predicted molar refractivity (Wildman–Crippen MR) is 80.8 cm³/mol. The van der Waals surface area contributed by atoms with E-state index in [0.29, 0.717) is 6.04 Å². The first-order valence-electron chi connectivity index (χ1n) is 5.95. The van der Waals surface area contributed by atoms with Gasteiger partial charge in [0, 0.05) is 26.6 Å². The third-order valence-corrected chi connectivity index (χ3v) is 2.92. The van der Waals surface area contributed by atoms with E-state index in [1.54, 1.807) is 0 Å². The van der Waals surface area contributed by atoms with Crippen LogP contribution in [0.15, 0.2) is 0 Å². The molecule has 2 nitrogen and oxygen atoms in total. The number of hydrogen-bond acceptors (Lipinski definition) is 1. The van der Waals surface area contributed by atoms with E-state index in [1.807, 2.05) is 70.5 Å². The normalized spacial score (nSPS) is 16.1. The molecule has 0 atom stereocenters. The monoisotopic (exact) mass is 324 g/mol. The summed E-state index contributed by atoms with van der Waals surface area (Å²) in [6.45, 7) is 11.0. The molecule has 0 aromatic heterocycles. The topological polar surface area (TPSA) is 37.0 Å². The van der Waals surface area contributed by atoms with Crippen LogP contribution in [0.5, 0.6) is 0 Å². The van der Waals surface area contributed by atoms with E-state index in [0.717, 1.165) is 0 Å². The Morgan fingerprint density at radius 3 is 1.05 bits per heavy atom. The molecule has 0 saturated heterocycles. The Kier molecular flexibility index (Phi) is 24.2. The Bertz CT molecular complexity index is 179. The molecule has 2 fully saturated rings. The van der Waals surface area contributed by atoms with Crippen LogP contribution >= 0.6 is 0 Å². The molecule has 0 aliphatic heterocycles. The van der Waals surface area contributed by atoms with E-state index in [-0.39, 0.29) is 18.6 Å². The molecular weight excluding hydrogens is 303 g/mol. The molecule has 0 bridgehead atoms. The van der Waals surface area contributed by atoms with Crippen molar-refractivity contribution in [1.82, 2.24) is 0 Å². The molecule has 2 aliphatic carbocycles. The van der Waals surface area contributed by atoms with Crippen LogP contribution < -0.4 is 0 Å². The minimum absolute atomic E-state index is 0. The molecule has 20 heavy (non-hydrogen) atoms. The fourth-order valence-corrected chi connectivity index (χ4v) is 1.29. The van der Waals surface area contributed by atoms with Crippen LogP contribution in [0.1, 0.15) is 0 Å². The summed E-state index contributed by atoms with van der Waals surface area (Å²) in [5, 5.41) is 0. The smallest absolute Gasteiger partial charge is 0 e. The van der Waals surface area contributed by atoms with Crippen LogP contribution in [0.25, 0.3) is 0 Å². The van der Waals surface area contributed by atoms with Crippen molar-refractivity contribution in [3.05, 3.63) is 70.9 Å². The van der Waals surface area contributed by atoms with Crippen molar-refractivity contribution < 1.29 is 28.0 Å². The first-order chi connectivity index (χ1) is 9.06. The van der Waals surface area contributed by atoms with E-state index in [1.165, 1.54) is 0 Å². The van der Waals surface area contributed by atoms with Gasteiger partial charge in [-0.15, -0.1) is 0 Å². The van der Waals surface area contributed by atoms with Crippen LogP contribution in [0.2, 0.25) is 25.7 Å². The van der Waals surface area contributed by atoms with Crippen LogP contribution in [0, 0.1) is 70.9 Å². The van der Waals surface area contributed by atoms with Gasteiger partial charge in [-0.3, -0.25) is 6.29 Å². The third-order valence-electron chi connectivity index (χ3n) is 1.71. The van der Waals surface area contributed by atoms with Gasteiger partial charge < -0.3 is 4.79 Å². The van der Waals surface area contributed by atoms with Crippen molar-refractivity contribution in [2.24, 2.45) is 0 Å². The minimum Gasteiger partial charge on any atom is -0.0312 e. The van der Waals surface area contributed by atoms with E-state index < -0.39 is 8.07 Å². The summed E-state index contributed by atoms with van der Waals surface area (Å²) in [5.74, 6) is 0. The van der Waals surface area contributed by atoms with Crippen LogP contribution in [0.3, 0.4) is 0 Å². The zero-order valence-corrected chi connectivity index (χ0v) is 14.6. The van der Waals surface area contributed by atoms with Gasteiger partial charge in [0.15, 0.2) is 0 Å². The standard InChI is InChI=1S/C5H11OSi.2C5H5.CO.V/c1-7(2,3)5-4-6;2*1-2-4-5-3-1;1-2;/h5H2,1-3H3;2*1-5H;;/q-1;;;;. The number of rotatable bonds is 2. The molecule has 4 heteroatoms. The third kappa shape index (κ3) is 26.7. The van der Waals surface area contributed by atoms with Crippen LogP contribution in [-0.4, -0.2) is 14.4 Å². The quantitative estimate of drug-likeness (QED) is 0.435. The Morgan fingerprint density at radius 2 is 1.00 bits per heavy atom. The minimum atomic E-state index is -1.08. The summed E-state index contributed by atoms with van der Waals surface area (Å²) in [6, 6.07) is 0.674. The van der Waals surface area contributed by atoms with Crippen LogP contribution in [-0.2, 0) is 28.0 Å². The second kappa shape index (κ2) is 19.2. The summed E-state index contributed by atoms with van der Waals surface area (Å²) < 4.78 is 7.50. The molecular formula is C16H21O2SiV-. The molecule has 0 aromatic carbocycles. The fourth-order valence-electron chi connectivity index (χ4n) is 0.858. The Hall–Kier alpha value is 0.211. The van der Waals surface area contributed by atoms with Gasteiger partial charge in [0.2, 0.25) is 0 Å². The molecule has 11 radical (unpaired) electrons. The first-order valence-corrected chi connectivity index (χ1v) is 9.66. The van der Waals surface area contributed by atoms with Gasteiger partial charge in [0.25, 0.3) is 0 Å². The van der Waals surface area contributed by atoms with Gasteiger partial charge in [0.05, 0.1) is 0 Å². The Balaban J connectivity index is -0.000000201. The molecule has 0 heterocycles. The molecule has 0 amide bonds. The Morgan fingerprint density at radius 1 is 0.800 bits per heavy atom. The molecule has 0 aromatic rings. The molecule has 0 unspecified atom stereocenters. The second-order valence-electron chi connectivity index (χ2n) is 4.81. The average Bonchev–Trinajstić information content (AvgIpc) is 3.09. The van der Waals surface area contributed by atoms with Crippen molar-refractivity contribution in [2.45, 2.75) is 25.7 Å². The van der Waals surface area contributed by atoms with Gasteiger partial charge in [-0.25, -0.2) is 0 Å². The molecule has 0 N–H and O–H groups in total. The molecule has 107 valence electrons. The van der Waals surface area contributed by atoms with Crippen molar-refractivity contribution >= 4 is 14.4 Å². The van der Waals surface area contributed by atoms with E-state index in [4.69, 9.17) is 4.65 Å². The van der Waals surface area contributed by atoms with Crippen molar-refractivity contribution in [3.63, 3.8) is 0 Å². The van der Waals surface area contributed by atoms with Gasteiger partial charge in [-0.05, 0) is 64.2 Å². The maximum absolute atomic E-state index is 9.73. The summed E-state index contributed by atoms with van der Waals surface area (Å²) in [4.78, 5) is 9.73. The summed E-state index contributed by atoms with van der Waals surface area (Å²) in [5.41, 5.74) is 0. The first kappa shape index (κ1) is 25.2. The number of carbonyl (C=O) groups excluding carboxylic acids is 1. The summed E-state index contributed by atoms with van der Waals surface area (Å²) in [6.07, 6.45) is 21.9. The van der Waals surface area contributed by atoms with Crippen molar-refractivity contribution in [1.29, 1.82) is 0 Å². The van der Waals surface area contributed by atoms with Gasteiger partial charge >= 0.3 is 11.3 Å². The van der Waals surface area contributed by atoms with Crippen molar-refractivity contribution in [2.75, 3.05) is 0 Å². The van der Waals surface area contributed by atoms with Crippen molar-refractivity contribution in [3.8, 4) is 0 Å². The molecule has 0 spiro atoms.